The van der Waals surface area contributed by atoms with Crippen LogP contribution in [-0.4, -0.2) is 28.8 Å². The third-order valence-electron chi connectivity index (χ3n) is 4.24. The van der Waals surface area contributed by atoms with E-state index < -0.39 is 6.04 Å². The molecule has 1 fully saturated rings. The maximum absolute atomic E-state index is 12.5. The zero-order chi connectivity index (χ0) is 15.6. The summed E-state index contributed by atoms with van der Waals surface area (Å²) in [6, 6.07) is 7.27. The van der Waals surface area contributed by atoms with Crippen molar-refractivity contribution < 1.29 is 9.59 Å². The molecule has 0 saturated carbocycles. The Morgan fingerprint density at radius 2 is 2.05 bits per heavy atom. The van der Waals surface area contributed by atoms with Gasteiger partial charge in [-0.1, -0.05) is 50.1 Å². The van der Waals surface area contributed by atoms with E-state index in [1.165, 1.54) is 0 Å². The number of aryl methyl sites for hydroxylation is 1. The van der Waals surface area contributed by atoms with E-state index >= 15 is 0 Å². The smallest absolute Gasteiger partial charge is 0.245 e. The van der Waals surface area contributed by atoms with Gasteiger partial charge in [-0.2, -0.15) is 0 Å². The van der Waals surface area contributed by atoms with Gasteiger partial charge >= 0.3 is 0 Å². The lowest BCUT2D eigenvalue weighted by Gasteiger charge is -2.40. The molecule has 1 aromatic rings. The Hall–Kier alpha value is -1.84. The lowest BCUT2D eigenvalue weighted by molar-refractivity contribution is -0.151. The molecule has 114 valence electrons. The lowest BCUT2D eigenvalue weighted by atomic mass is 9.93. The van der Waals surface area contributed by atoms with Crippen molar-refractivity contribution in [3.05, 3.63) is 35.4 Å². The molecule has 1 aliphatic heterocycles. The van der Waals surface area contributed by atoms with Gasteiger partial charge in [0.15, 0.2) is 0 Å². The van der Waals surface area contributed by atoms with Crippen molar-refractivity contribution in [2.24, 2.45) is 5.92 Å². The highest BCUT2D eigenvalue weighted by molar-refractivity contribution is 5.96. The van der Waals surface area contributed by atoms with Gasteiger partial charge in [0.1, 0.15) is 12.1 Å². The highest BCUT2D eigenvalue weighted by Gasteiger charge is 2.40. The summed E-state index contributed by atoms with van der Waals surface area (Å²) < 4.78 is 0. The Morgan fingerprint density at radius 3 is 2.67 bits per heavy atom. The molecule has 1 aliphatic rings. The van der Waals surface area contributed by atoms with Gasteiger partial charge < -0.3 is 10.2 Å². The average molecular weight is 288 g/mol. The third-order valence-corrected chi connectivity index (χ3v) is 4.24. The molecule has 0 aliphatic carbocycles. The Morgan fingerprint density at radius 1 is 1.33 bits per heavy atom. The second-order valence-electron chi connectivity index (χ2n) is 6.02. The minimum Gasteiger partial charge on any atom is -0.343 e. The number of benzene rings is 1. The maximum Gasteiger partial charge on any atom is 0.245 e. The first-order valence-corrected chi connectivity index (χ1v) is 7.60. The molecule has 2 amide bonds. The van der Waals surface area contributed by atoms with Gasteiger partial charge in [0.05, 0.1) is 0 Å². The number of amides is 2. The number of carbonyl (C=O) groups excluding carboxylic acids is 2. The highest BCUT2D eigenvalue weighted by atomic mass is 16.2. The van der Waals surface area contributed by atoms with Crippen molar-refractivity contribution in [3.63, 3.8) is 0 Å². The van der Waals surface area contributed by atoms with Gasteiger partial charge in [0.25, 0.3) is 0 Å². The van der Waals surface area contributed by atoms with E-state index in [2.05, 4.69) is 11.4 Å². The lowest BCUT2D eigenvalue weighted by Crippen LogP contribution is -2.63. The van der Waals surface area contributed by atoms with Crippen molar-refractivity contribution >= 4 is 11.8 Å². The van der Waals surface area contributed by atoms with Crippen LogP contribution < -0.4 is 5.32 Å². The number of carbonyl (C=O) groups is 2. The van der Waals surface area contributed by atoms with Crippen LogP contribution in [0.3, 0.4) is 0 Å². The zero-order valence-corrected chi connectivity index (χ0v) is 13.2. The molecule has 3 atom stereocenters. The summed E-state index contributed by atoms with van der Waals surface area (Å²) in [4.78, 5) is 26.6. The van der Waals surface area contributed by atoms with Crippen LogP contribution in [0.4, 0.5) is 0 Å². The second kappa shape index (κ2) is 6.29. The van der Waals surface area contributed by atoms with Crippen molar-refractivity contribution in [1.29, 1.82) is 0 Å². The Labute approximate surface area is 126 Å². The monoisotopic (exact) mass is 288 g/mol. The Balaban J connectivity index is 2.29. The van der Waals surface area contributed by atoms with Crippen LogP contribution in [0.2, 0.25) is 0 Å². The summed E-state index contributed by atoms with van der Waals surface area (Å²) in [5.41, 5.74) is 2.23. The van der Waals surface area contributed by atoms with E-state index in [0.717, 1.165) is 17.5 Å². The summed E-state index contributed by atoms with van der Waals surface area (Å²) in [5.74, 6) is 0.108. The van der Waals surface area contributed by atoms with E-state index in [1.807, 2.05) is 39.0 Å². The van der Waals surface area contributed by atoms with Crippen LogP contribution in [0.5, 0.6) is 0 Å². The molecule has 0 radical (unpaired) electrons. The van der Waals surface area contributed by atoms with E-state index in [9.17, 15) is 9.59 Å². The van der Waals surface area contributed by atoms with E-state index in [4.69, 9.17) is 0 Å². The quantitative estimate of drug-likeness (QED) is 0.924. The average Bonchev–Trinajstić information content (AvgIpc) is 2.44. The predicted octanol–water partition coefficient (Wildman–Crippen LogP) is 2.26. The van der Waals surface area contributed by atoms with Gasteiger partial charge in [-0.05, 0) is 25.3 Å². The minimum atomic E-state index is -0.442. The van der Waals surface area contributed by atoms with Crippen molar-refractivity contribution in [2.45, 2.75) is 52.7 Å². The fraction of sp³-hybridized carbons (Fsp3) is 0.529. The molecular formula is C17H24N2O2. The molecule has 4 heteroatoms. The SMILES string of the molecule is CCC(C)C1C(=O)NC(C)C(=O)N1Cc1cccc(C)c1. The first kappa shape index (κ1) is 15.5. The van der Waals surface area contributed by atoms with Gasteiger partial charge in [-0.15, -0.1) is 0 Å². The minimum absolute atomic E-state index is 0.00130. The summed E-state index contributed by atoms with van der Waals surface area (Å²) in [6.45, 7) is 8.34. The van der Waals surface area contributed by atoms with Crippen LogP contribution in [-0.2, 0) is 16.1 Å². The molecule has 0 aromatic heterocycles. The van der Waals surface area contributed by atoms with Crippen LogP contribution in [0.25, 0.3) is 0 Å². The number of rotatable bonds is 4. The van der Waals surface area contributed by atoms with E-state index in [-0.39, 0.29) is 23.8 Å². The van der Waals surface area contributed by atoms with Crippen molar-refractivity contribution in [3.8, 4) is 0 Å². The number of piperazine rings is 1. The summed E-state index contributed by atoms with van der Waals surface area (Å²) in [5, 5.41) is 2.79. The largest absolute Gasteiger partial charge is 0.343 e. The summed E-state index contributed by atoms with van der Waals surface area (Å²) >= 11 is 0. The van der Waals surface area contributed by atoms with Crippen molar-refractivity contribution in [2.75, 3.05) is 0 Å². The van der Waals surface area contributed by atoms with Crippen LogP contribution in [0, 0.1) is 12.8 Å². The molecule has 2 rings (SSSR count). The molecular weight excluding hydrogens is 264 g/mol. The Kier molecular flexibility index (Phi) is 4.66. The van der Waals surface area contributed by atoms with Gasteiger partial charge in [-0.25, -0.2) is 0 Å². The van der Waals surface area contributed by atoms with Crippen molar-refractivity contribution in [1.82, 2.24) is 10.2 Å². The van der Waals surface area contributed by atoms with Crippen LogP contribution >= 0.6 is 0 Å². The molecule has 1 aromatic carbocycles. The predicted molar refractivity (Wildman–Crippen MR) is 82.6 cm³/mol. The summed E-state index contributed by atoms with van der Waals surface area (Å²) in [7, 11) is 0. The van der Waals surface area contributed by atoms with E-state index in [0.29, 0.717) is 6.54 Å². The van der Waals surface area contributed by atoms with Crippen LogP contribution in [0.1, 0.15) is 38.3 Å². The molecule has 4 nitrogen and oxygen atoms in total. The number of hydrogen-bond donors (Lipinski definition) is 1. The normalized spacial score (nSPS) is 23.9. The topological polar surface area (TPSA) is 49.4 Å². The first-order valence-electron chi connectivity index (χ1n) is 7.60. The fourth-order valence-corrected chi connectivity index (χ4v) is 2.86. The molecule has 21 heavy (non-hydrogen) atoms. The van der Waals surface area contributed by atoms with Crippen LogP contribution in [0.15, 0.2) is 24.3 Å². The third kappa shape index (κ3) is 3.26. The second-order valence-corrected chi connectivity index (χ2v) is 6.02. The maximum atomic E-state index is 12.5. The summed E-state index contributed by atoms with van der Waals surface area (Å²) in [6.07, 6.45) is 0.865. The highest BCUT2D eigenvalue weighted by Crippen LogP contribution is 2.22. The molecule has 1 N–H and O–H groups in total. The standard InChI is InChI=1S/C17H24N2O2/c1-5-12(3)15-16(20)18-13(4)17(21)19(15)10-14-8-6-7-11(2)9-14/h6-9,12-13,15H,5,10H2,1-4H3,(H,18,20). The molecule has 0 spiro atoms. The van der Waals surface area contributed by atoms with Gasteiger partial charge in [0.2, 0.25) is 11.8 Å². The van der Waals surface area contributed by atoms with Gasteiger partial charge in [0, 0.05) is 6.54 Å². The number of nitrogens with one attached hydrogen (secondary N) is 1. The molecule has 0 bridgehead atoms. The fourth-order valence-electron chi connectivity index (χ4n) is 2.86. The number of hydrogen-bond acceptors (Lipinski definition) is 2. The molecule has 1 saturated heterocycles. The van der Waals surface area contributed by atoms with E-state index in [1.54, 1.807) is 11.8 Å². The molecule has 1 heterocycles. The zero-order valence-electron chi connectivity index (χ0n) is 13.2. The number of nitrogens with zero attached hydrogens (tertiary/aromatic N) is 1. The molecule has 3 unspecified atom stereocenters. The first-order chi connectivity index (χ1) is 9.93. The Bertz CT molecular complexity index is 541. The van der Waals surface area contributed by atoms with Gasteiger partial charge in [-0.3, -0.25) is 9.59 Å².